The van der Waals surface area contributed by atoms with Crippen LogP contribution in [0.5, 0.6) is 0 Å². The molecule has 0 bridgehead atoms. The van der Waals surface area contributed by atoms with E-state index in [4.69, 9.17) is 0 Å². The molecule has 0 aliphatic carbocycles. The van der Waals surface area contributed by atoms with Gasteiger partial charge in [0, 0.05) is 19.5 Å². The predicted octanol–water partition coefficient (Wildman–Crippen LogP) is -1.85. The second kappa shape index (κ2) is 18.8. The standard InChI is InChI=1S/ClH.HI.Li.Zn.H/h2*1H;;;/q;;+1;;-1. The van der Waals surface area contributed by atoms with Crippen molar-refractivity contribution in [2.24, 2.45) is 0 Å². The molecule has 0 amide bonds. The Morgan fingerprint density at radius 3 is 1.25 bits per heavy atom. The van der Waals surface area contributed by atoms with Crippen molar-refractivity contribution in [3.63, 3.8) is 0 Å². The van der Waals surface area contributed by atoms with Crippen molar-refractivity contribution in [3.8, 4) is 0 Å². The number of halogens is 2. The van der Waals surface area contributed by atoms with Crippen molar-refractivity contribution in [2.75, 3.05) is 0 Å². The number of hydrogen-bond donors (Lipinski definition) is 0. The molecule has 0 unspecified atom stereocenters. The Morgan fingerprint density at radius 2 is 1.25 bits per heavy atom. The van der Waals surface area contributed by atoms with Gasteiger partial charge in [0.15, 0.2) is 0 Å². The van der Waals surface area contributed by atoms with Crippen molar-refractivity contribution in [1.29, 1.82) is 0 Å². The maximum absolute atomic E-state index is 0. The molecule has 0 aliphatic rings. The Balaban J connectivity index is 0. The zero-order valence-corrected chi connectivity index (χ0v) is 8.64. The van der Waals surface area contributed by atoms with Gasteiger partial charge >= 0.3 is 18.9 Å². The van der Waals surface area contributed by atoms with E-state index >= 15 is 0 Å². The zero-order valence-electron chi connectivity index (χ0n) is 3.52. The Hall–Kier alpha value is 2.24. The van der Waals surface area contributed by atoms with Crippen LogP contribution < -0.4 is 18.9 Å². The van der Waals surface area contributed by atoms with Gasteiger partial charge in [0.1, 0.15) is 0 Å². The van der Waals surface area contributed by atoms with E-state index in [0.29, 0.717) is 0 Å². The summed E-state index contributed by atoms with van der Waals surface area (Å²) in [6.07, 6.45) is 0. The minimum atomic E-state index is 0. The van der Waals surface area contributed by atoms with Crippen LogP contribution in [0, 0.1) is 0 Å². The number of rotatable bonds is 0. The minimum Gasteiger partial charge on any atom is -1.00 e. The first kappa shape index (κ1) is 34.1. The summed E-state index contributed by atoms with van der Waals surface area (Å²) in [5, 5.41) is 0. The Bertz CT molecular complexity index is 11.6. The van der Waals surface area contributed by atoms with E-state index in [1.807, 2.05) is 0 Å². The van der Waals surface area contributed by atoms with Crippen LogP contribution in [-0.2, 0) is 19.5 Å². The van der Waals surface area contributed by atoms with Crippen molar-refractivity contribution in [3.05, 3.63) is 0 Å². The van der Waals surface area contributed by atoms with E-state index in [2.05, 4.69) is 0 Å². The van der Waals surface area contributed by atoms with Crippen LogP contribution in [0.2, 0.25) is 0 Å². The molecule has 0 aromatic heterocycles. The quantitative estimate of drug-likeness (QED) is 0.343. The average Bonchev–Trinajstić information content (AvgIpc) is 0. The summed E-state index contributed by atoms with van der Waals surface area (Å²) >= 11 is 0. The molecule has 20 valence electrons. The van der Waals surface area contributed by atoms with Crippen LogP contribution in [0.4, 0.5) is 0 Å². The van der Waals surface area contributed by atoms with Crippen molar-refractivity contribution in [2.45, 2.75) is 0 Å². The zero-order chi connectivity index (χ0) is 0. The van der Waals surface area contributed by atoms with Crippen molar-refractivity contribution < 1.29 is 39.8 Å². The van der Waals surface area contributed by atoms with Gasteiger partial charge in [-0.05, 0) is 0 Å². The molecule has 0 aromatic rings. The van der Waals surface area contributed by atoms with Gasteiger partial charge in [-0.1, -0.05) is 0 Å². The molecule has 0 saturated heterocycles. The van der Waals surface area contributed by atoms with E-state index in [0.717, 1.165) is 0 Å². The minimum absolute atomic E-state index is 0. The fourth-order valence-corrected chi connectivity index (χ4v) is 0. The predicted molar refractivity (Wildman–Crippen MR) is 23.8 cm³/mol. The summed E-state index contributed by atoms with van der Waals surface area (Å²) < 4.78 is 0. The fraction of sp³-hybridized carbons (Fsp3) is 0. The number of hydrogen-bond acceptors (Lipinski definition) is 0. The van der Waals surface area contributed by atoms with Crippen molar-refractivity contribution in [1.82, 2.24) is 0 Å². The first-order chi connectivity index (χ1) is 0. The van der Waals surface area contributed by atoms with E-state index in [9.17, 15) is 0 Å². The first-order valence-corrected chi connectivity index (χ1v) is 0. The molecule has 0 aromatic carbocycles. The van der Waals surface area contributed by atoms with Gasteiger partial charge in [0.25, 0.3) is 0 Å². The van der Waals surface area contributed by atoms with Crippen LogP contribution in [0.3, 0.4) is 0 Å². The third-order valence-corrected chi connectivity index (χ3v) is 0. The monoisotopic (exact) mass is 236 g/mol. The molecule has 0 nitrogen and oxygen atoms in total. The molecule has 0 aliphatic heterocycles. The summed E-state index contributed by atoms with van der Waals surface area (Å²) in [6, 6.07) is 0. The van der Waals surface area contributed by atoms with Crippen molar-refractivity contribution >= 4 is 36.4 Å². The molecular weight excluding hydrogens is 235 g/mol. The summed E-state index contributed by atoms with van der Waals surface area (Å²) in [6.45, 7) is 0. The maximum atomic E-state index is 0. The largest absolute Gasteiger partial charge is 1.00 e. The topological polar surface area (TPSA) is 0 Å². The Kier molecular flexibility index (Phi) is 160. The van der Waals surface area contributed by atoms with Crippen LogP contribution in [0.15, 0.2) is 0 Å². The second-order valence-corrected chi connectivity index (χ2v) is 0. The molecule has 4 heteroatoms. The molecule has 4 heavy (non-hydrogen) atoms. The molecule has 0 radical (unpaired) electrons. The van der Waals surface area contributed by atoms with Gasteiger partial charge in [-0.2, -0.15) is 0 Å². The van der Waals surface area contributed by atoms with Gasteiger partial charge in [-0.25, -0.2) is 0 Å². The summed E-state index contributed by atoms with van der Waals surface area (Å²) in [4.78, 5) is 0. The maximum Gasteiger partial charge on any atom is 1.00 e. The first-order valence-electron chi connectivity index (χ1n) is 0. The average molecular weight is 238 g/mol. The molecular formula is H3ClILiZn. The fourth-order valence-electron chi connectivity index (χ4n) is 0. The van der Waals surface area contributed by atoms with Crippen LogP contribution >= 0.6 is 36.4 Å². The normalized spacial score (nSPS) is 0. The van der Waals surface area contributed by atoms with Gasteiger partial charge in [0.05, 0.1) is 0 Å². The van der Waals surface area contributed by atoms with E-state index in [-0.39, 0.29) is 76.1 Å². The smallest absolute Gasteiger partial charge is 1.00 e. The summed E-state index contributed by atoms with van der Waals surface area (Å²) in [7, 11) is 0. The van der Waals surface area contributed by atoms with Gasteiger partial charge in [-0.3, -0.25) is 0 Å². The Morgan fingerprint density at radius 1 is 1.25 bits per heavy atom. The molecule has 0 atom stereocenters. The third-order valence-electron chi connectivity index (χ3n) is 0. The molecule has 0 rings (SSSR count). The SMILES string of the molecule is Cl.I.[H-].[Li+].[Zn]. The van der Waals surface area contributed by atoms with E-state index in [1.165, 1.54) is 0 Å². The Labute approximate surface area is 75.3 Å². The third kappa shape index (κ3) is 8.87. The molecule has 0 spiro atoms. The molecule has 0 heterocycles. The summed E-state index contributed by atoms with van der Waals surface area (Å²) in [5.41, 5.74) is 0. The summed E-state index contributed by atoms with van der Waals surface area (Å²) in [5.74, 6) is 0. The van der Waals surface area contributed by atoms with Gasteiger partial charge in [-0.15, -0.1) is 36.4 Å². The van der Waals surface area contributed by atoms with Crippen LogP contribution in [0.1, 0.15) is 1.43 Å². The molecule has 0 N–H and O–H groups in total. The second-order valence-electron chi connectivity index (χ2n) is 0. The molecule has 0 saturated carbocycles. The van der Waals surface area contributed by atoms with Crippen LogP contribution in [-0.4, -0.2) is 0 Å². The van der Waals surface area contributed by atoms with E-state index in [1.54, 1.807) is 0 Å². The van der Waals surface area contributed by atoms with Gasteiger partial charge < -0.3 is 1.43 Å². The van der Waals surface area contributed by atoms with Gasteiger partial charge in [0.2, 0.25) is 0 Å². The molecule has 0 fully saturated rings. The van der Waals surface area contributed by atoms with E-state index < -0.39 is 0 Å². The van der Waals surface area contributed by atoms with Crippen LogP contribution in [0.25, 0.3) is 0 Å².